The lowest BCUT2D eigenvalue weighted by Crippen LogP contribution is -2.51. The number of carbonyl (C=O) groups is 4. The highest BCUT2D eigenvalue weighted by Crippen LogP contribution is 2.37. The summed E-state index contributed by atoms with van der Waals surface area (Å²) < 4.78 is 9.54. The second kappa shape index (κ2) is 17.3. The summed E-state index contributed by atoms with van der Waals surface area (Å²) in [6, 6.07) is 14.5. The number of amides is 4. The van der Waals surface area contributed by atoms with Gasteiger partial charge in [0.15, 0.2) is 0 Å². The number of alkyl carbamates (subject to hydrolysis) is 2. The van der Waals surface area contributed by atoms with Crippen LogP contribution < -0.4 is 10.6 Å². The van der Waals surface area contributed by atoms with Gasteiger partial charge in [0.05, 0.1) is 50.1 Å². The molecule has 4 heterocycles. The van der Waals surface area contributed by atoms with Crippen molar-refractivity contribution in [3.05, 3.63) is 84.2 Å². The van der Waals surface area contributed by atoms with E-state index in [1.807, 2.05) is 65.0 Å². The molecule has 4 N–H and O–H groups in total. The molecule has 0 spiro atoms. The summed E-state index contributed by atoms with van der Waals surface area (Å²) in [5.41, 5.74) is 6.86. The largest absolute Gasteiger partial charge is 0.453 e. The van der Waals surface area contributed by atoms with Crippen LogP contribution in [0.4, 0.5) is 9.59 Å². The summed E-state index contributed by atoms with van der Waals surface area (Å²) in [6.07, 6.45) is 6.64. The highest BCUT2D eigenvalue weighted by atomic mass is 16.5. The van der Waals surface area contributed by atoms with Crippen LogP contribution in [0.3, 0.4) is 0 Å². The molecule has 2 aromatic carbocycles. The molecule has 2 fully saturated rings. The standard InChI is InChI=1S/C42H52N8O6/c1-8-26-20-34(50(23-26)40(52)36(25(4)5)48-42(54)56-7)38-44-22-32(46-38)30-17-13-28(14-18-30)27-11-15-29(16-12-27)31-21-43-37(45-31)33-10-9-19-49(33)39(51)35(24(2)3)47-41(53)55-6/h8,11-18,21-22,24-25,33-36H,9-10,19-20,23H2,1-7H3,(H,43,45)(H,44,46)(H,47,53)(H,48,54)/b26-8-/t33-,34-,35-,36-/m0/s1. The zero-order valence-corrected chi connectivity index (χ0v) is 33.1. The van der Waals surface area contributed by atoms with Gasteiger partial charge in [0.1, 0.15) is 23.7 Å². The molecular formula is C42H52N8O6. The summed E-state index contributed by atoms with van der Waals surface area (Å²) in [6.45, 7) is 10.6. The molecule has 0 radical (unpaired) electrons. The molecule has 4 amide bonds. The number of allylic oxidation sites excluding steroid dienone is 1. The van der Waals surface area contributed by atoms with Gasteiger partial charge in [0, 0.05) is 13.1 Å². The second-order valence-electron chi connectivity index (χ2n) is 15.1. The monoisotopic (exact) mass is 764 g/mol. The molecule has 2 aliphatic heterocycles. The maximum atomic E-state index is 13.8. The van der Waals surface area contributed by atoms with E-state index in [-0.39, 0.29) is 35.7 Å². The van der Waals surface area contributed by atoms with E-state index in [1.165, 1.54) is 14.2 Å². The first-order chi connectivity index (χ1) is 26.9. The van der Waals surface area contributed by atoms with E-state index in [0.717, 1.165) is 57.9 Å². The van der Waals surface area contributed by atoms with Gasteiger partial charge in [-0.2, -0.15) is 0 Å². The van der Waals surface area contributed by atoms with Crippen molar-refractivity contribution in [2.75, 3.05) is 27.3 Å². The van der Waals surface area contributed by atoms with E-state index in [4.69, 9.17) is 14.5 Å². The highest BCUT2D eigenvalue weighted by Gasteiger charge is 2.40. The normalized spacial score (nSPS) is 18.7. The Morgan fingerprint density at radius 3 is 1.61 bits per heavy atom. The molecule has 0 unspecified atom stereocenters. The summed E-state index contributed by atoms with van der Waals surface area (Å²) in [7, 11) is 2.57. The minimum Gasteiger partial charge on any atom is -0.453 e. The number of ether oxygens (including phenoxy) is 2. The van der Waals surface area contributed by atoms with E-state index >= 15 is 0 Å². The Labute approximate surface area is 327 Å². The number of likely N-dealkylation sites (tertiary alicyclic amines) is 2. The smallest absolute Gasteiger partial charge is 0.407 e. The topological polar surface area (TPSA) is 175 Å². The zero-order valence-electron chi connectivity index (χ0n) is 33.1. The number of aromatic amines is 2. The van der Waals surface area contributed by atoms with Crippen LogP contribution in [-0.4, -0.2) is 93.1 Å². The molecular weight excluding hydrogens is 713 g/mol. The van der Waals surface area contributed by atoms with Gasteiger partial charge >= 0.3 is 12.2 Å². The van der Waals surface area contributed by atoms with Crippen LogP contribution in [0.5, 0.6) is 0 Å². The Morgan fingerprint density at radius 2 is 1.16 bits per heavy atom. The Bertz CT molecular complexity index is 2050. The van der Waals surface area contributed by atoms with Crippen molar-refractivity contribution >= 4 is 24.0 Å². The Balaban J connectivity index is 1.13. The van der Waals surface area contributed by atoms with Gasteiger partial charge < -0.3 is 39.9 Å². The fraction of sp³-hybridized carbons (Fsp3) is 0.429. The summed E-state index contributed by atoms with van der Waals surface area (Å²) in [5, 5.41) is 5.40. The van der Waals surface area contributed by atoms with Crippen LogP contribution >= 0.6 is 0 Å². The molecule has 6 rings (SSSR count). The molecule has 14 nitrogen and oxygen atoms in total. The highest BCUT2D eigenvalue weighted by molar-refractivity contribution is 5.87. The van der Waals surface area contributed by atoms with Gasteiger partial charge in [-0.25, -0.2) is 19.6 Å². The minimum absolute atomic E-state index is 0.107. The lowest BCUT2D eigenvalue weighted by molar-refractivity contribution is -0.136. The molecule has 14 heteroatoms. The zero-order chi connectivity index (χ0) is 40.1. The van der Waals surface area contributed by atoms with E-state index < -0.39 is 24.3 Å². The molecule has 2 saturated heterocycles. The number of rotatable bonds is 11. The molecule has 2 aliphatic rings. The SMILES string of the molecule is C/C=C1/C[C@@H](c2ncc(-c3ccc(-c4ccc(-c5cnc([C@@H]6CCCN6C(=O)[C@@H](NC(=O)OC)C(C)C)[nH]5)cc4)cc3)[nH]2)N(C(=O)[C@@H](NC(=O)OC)C(C)C)C1. The van der Waals surface area contributed by atoms with Crippen molar-refractivity contribution in [2.45, 2.75) is 78.0 Å². The van der Waals surface area contributed by atoms with Gasteiger partial charge in [0.2, 0.25) is 11.8 Å². The van der Waals surface area contributed by atoms with Gasteiger partial charge in [-0.1, -0.05) is 87.9 Å². The number of H-pyrrole nitrogens is 2. The van der Waals surface area contributed by atoms with Crippen LogP contribution in [0.15, 0.2) is 72.6 Å². The number of hydrogen-bond acceptors (Lipinski definition) is 8. The molecule has 0 saturated carbocycles. The first-order valence-electron chi connectivity index (χ1n) is 19.2. The van der Waals surface area contributed by atoms with Crippen molar-refractivity contribution in [1.82, 2.24) is 40.4 Å². The molecule has 56 heavy (non-hydrogen) atoms. The predicted octanol–water partition coefficient (Wildman–Crippen LogP) is 6.78. The van der Waals surface area contributed by atoms with Gasteiger partial charge in [-0.3, -0.25) is 9.59 Å². The van der Waals surface area contributed by atoms with E-state index in [1.54, 1.807) is 22.2 Å². The third-order valence-corrected chi connectivity index (χ3v) is 10.8. The molecule has 0 bridgehead atoms. The van der Waals surface area contributed by atoms with Crippen LogP contribution in [0.25, 0.3) is 33.6 Å². The van der Waals surface area contributed by atoms with Crippen LogP contribution in [-0.2, 0) is 19.1 Å². The Morgan fingerprint density at radius 1 is 0.714 bits per heavy atom. The molecule has 296 valence electrons. The van der Waals surface area contributed by atoms with Crippen molar-refractivity contribution < 1.29 is 28.7 Å². The second-order valence-corrected chi connectivity index (χ2v) is 15.1. The summed E-state index contributed by atoms with van der Waals surface area (Å²) in [4.78, 5) is 71.1. The number of aromatic nitrogens is 4. The number of benzene rings is 2. The van der Waals surface area contributed by atoms with Gasteiger partial charge in [0.25, 0.3) is 0 Å². The minimum atomic E-state index is -0.726. The first-order valence-corrected chi connectivity index (χ1v) is 19.2. The van der Waals surface area contributed by atoms with Crippen molar-refractivity contribution in [3.8, 4) is 33.6 Å². The van der Waals surface area contributed by atoms with Crippen LogP contribution in [0.2, 0.25) is 0 Å². The van der Waals surface area contributed by atoms with Crippen molar-refractivity contribution in [3.63, 3.8) is 0 Å². The number of imidazole rings is 2. The van der Waals surface area contributed by atoms with E-state index in [0.29, 0.717) is 25.3 Å². The molecule has 4 aromatic rings. The van der Waals surface area contributed by atoms with Crippen LogP contribution in [0, 0.1) is 11.8 Å². The number of carbonyl (C=O) groups excluding carboxylic acids is 4. The lowest BCUT2D eigenvalue weighted by atomic mass is 10.0. The maximum Gasteiger partial charge on any atom is 0.407 e. The number of nitrogens with one attached hydrogen (secondary N) is 4. The average Bonchev–Trinajstić information content (AvgIpc) is 4.04. The van der Waals surface area contributed by atoms with Crippen molar-refractivity contribution in [2.24, 2.45) is 11.8 Å². The molecule has 4 atom stereocenters. The fourth-order valence-electron chi connectivity index (χ4n) is 7.50. The third kappa shape index (κ3) is 8.48. The van der Waals surface area contributed by atoms with Crippen LogP contribution in [0.1, 0.15) is 77.6 Å². The van der Waals surface area contributed by atoms with E-state index in [9.17, 15) is 19.2 Å². The number of nitrogens with zero attached hydrogens (tertiary/aromatic N) is 4. The van der Waals surface area contributed by atoms with Gasteiger partial charge in [-0.05, 0) is 60.3 Å². The Hall–Kier alpha value is -5.92. The maximum absolute atomic E-state index is 13.8. The van der Waals surface area contributed by atoms with E-state index in [2.05, 4.69) is 49.9 Å². The quantitative estimate of drug-likeness (QED) is 0.121. The first kappa shape index (κ1) is 39.8. The lowest BCUT2D eigenvalue weighted by Gasteiger charge is -2.30. The summed E-state index contributed by atoms with van der Waals surface area (Å²) >= 11 is 0. The fourth-order valence-corrected chi connectivity index (χ4v) is 7.50. The number of hydrogen-bond donors (Lipinski definition) is 4. The predicted molar refractivity (Wildman–Crippen MR) is 212 cm³/mol. The summed E-state index contributed by atoms with van der Waals surface area (Å²) in [5.74, 6) is 0.854. The average molecular weight is 765 g/mol. The van der Waals surface area contributed by atoms with Gasteiger partial charge in [-0.15, -0.1) is 0 Å². The molecule has 2 aromatic heterocycles. The Kier molecular flexibility index (Phi) is 12.3. The molecule has 0 aliphatic carbocycles. The van der Waals surface area contributed by atoms with Crippen molar-refractivity contribution in [1.29, 1.82) is 0 Å². The third-order valence-electron chi connectivity index (χ3n) is 10.8. The number of methoxy groups -OCH3 is 2.